The largest absolute Gasteiger partial charge is 0.337 e. The fraction of sp³-hybridized carbons (Fsp3) is 0. The molecule has 0 amide bonds. The first-order valence-corrected chi connectivity index (χ1v) is 7.65. The van der Waals surface area contributed by atoms with E-state index in [-0.39, 0.29) is 0 Å². The van der Waals surface area contributed by atoms with Gasteiger partial charge in [-0.05, 0) is 42.5 Å². The number of aromatic amines is 1. The molecule has 0 saturated carbocycles. The van der Waals surface area contributed by atoms with Crippen LogP contribution in [-0.2, 0) is 0 Å². The molecule has 0 radical (unpaired) electrons. The number of nitrogens with one attached hydrogen (secondary N) is 1. The van der Waals surface area contributed by atoms with Gasteiger partial charge in [-0.1, -0.05) is 30.3 Å². The summed E-state index contributed by atoms with van der Waals surface area (Å²) in [5.41, 5.74) is 4.26. The zero-order valence-electron chi connectivity index (χ0n) is 12.8. The minimum Gasteiger partial charge on any atom is -0.337 e. The van der Waals surface area contributed by atoms with Gasteiger partial charge in [-0.3, -0.25) is 0 Å². The molecule has 1 N–H and O–H groups in total. The third-order valence-electron chi connectivity index (χ3n) is 3.87. The maximum absolute atomic E-state index is 9.58. The average Bonchev–Trinajstić information content (AvgIpc) is 3.26. The quantitative estimate of drug-likeness (QED) is 0.569. The number of hydrogen-bond acceptors (Lipinski definition) is 2. The lowest BCUT2D eigenvalue weighted by atomic mass is 10.2. The maximum Gasteiger partial charge on any atom is 0.149 e. The van der Waals surface area contributed by atoms with Crippen LogP contribution in [0.25, 0.3) is 28.4 Å². The van der Waals surface area contributed by atoms with Crippen molar-refractivity contribution >= 4 is 22.7 Å². The van der Waals surface area contributed by atoms with E-state index in [2.05, 4.69) is 16.0 Å². The molecule has 2 aromatic heterocycles. The van der Waals surface area contributed by atoms with E-state index in [1.54, 1.807) is 0 Å². The average molecular weight is 310 g/mol. The predicted octanol–water partition coefficient (Wildman–Crippen LogP) is 4.42. The minimum atomic E-state index is 0.502. The summed E-state index contributed by atoms with van der Waals surface area (Å²) in [4.78, 5) is 7.72. The molecule has 0 aliphatic rings. The van der Waals surface area contributed by atoms with Gasteiger partial charge in [-0.2, -0.15) is 5.26 Å². The summed E-state index contributed by atoms with van der Waals surface area (Å²) in [5, 5.41) is 9.58. The molecule has 2 heterocycles. The van der Waals surface area contributed by atoms with Crippen molar-refractivity contribution in [2.75, 3.05) is 0 Å². The van der Waals surface area contributed by atoms with Gasteiger partial charge in [0.2, 0.25) is 0 Å². The number of hydrogen-bond donors (Lipinski definition) is 1. The Hall–Kier alpha value is -3.58. The second kappa shape index (κ2) is 5.90. The molecule has 0 saturated heterocycles. The molecule has 0 aliphatic carbocycles. The van der Waals surface area contributed by atoms with Crippen molar-refractivity contribution in [1.29, 1.82) is 5.26 Å². The van der Waals surface area contributed by atoms with E-state index < -0.39 is 0 Å². The van der Waals surface area contributed by atoms with Crippen molar-refractivity contribution in [3.8, 4) is 11.8 Å². The number of aromatic nitrogens is 3. The molecule has 4 aromatic rings. The van der Waals surface area contributed by atoms with E-state index >= 15 is 0 Å². The summed E-state index contributed by atoms with van der Waals surface area (Å²) in [7, 11) is 0. The summed E-state index contributed by atoms with van der Waals surface area (Å²) in [6, 6.07) is 24.0. The number of allylic oxidation sites excluding steroid dienone is 1. The lowest BCUT2D eigenvalue weighted by Crippen LogP contribution is -1.95. The fourth-order valence-electron chi connectivity index (χ4n) is 2.72. The van der Waals surface area contributed by atoms with Crippen LogP contribution in [0.3, 0.4) is 0 Å². The molecule has 0 unspecified atom stereocenters. The first-order valence-electron chi connectivity index (χ1n) is 7.65. The van der Waals surface area contributed by atoms with Crippen LogP contribution in [0.2, 0.25) is 0 Å². The summed E-state index contributed by atoms with van der Waals surface area (Å²) in [5.74, 6) is 0.583. The van der Waals surface area contributed by atoms with Gasteiger partial charge in [0.05, 0.1) is 16.6 Å². The Morgan fingerprint density at radius 2 is 1.79 bits per heavy atom. The number of para-hydroxylation sites is 3. The molecule has 2 aromatic carbocycles. The molecular formula is C20H14N4. The summed E-state index contributed by atoms with van der Waals surface area (Å²) in [6.07, 6.45) is 3.83. The number of nitrogens with zero attached hydrogens (tertiary/aromatic N) is 3. The Kier molecular flexibility index (Phi) is 3.45. The highest BCUT2D eigenvalue weighted by Gasteiger charge is 2.09. The molecule has 4 heteroatoms. The molecule has 0 fully saturated rings. The van der Waals surface area contributed by atoms with E-state index in [0.717, 1.165) is 22.4 Å². The number of fused-ring (bicyclic) bond motifs is 1. The highest BCUT2D eigenvalue weighted by molar-refractivity contribution is 5.90. The van der Waals surface area contributed by atoms with Crippen LogP contribution in [0.15, 0.2) is 72.9 Å². The van der Waals surface area contributed by atoms with Crippen molar-refractivity contribution in [2.45, 2.75) is 0 Å². The van der Waals surface area contributed by atoms with E-state index in [0.29, 0.717) is 11.4 Å². The molecule has 4 nitrogen and oxygen atoms in total. The number of H-pyrrole nitrogens is 1. The van der Waals surface area contributed by atoms with Gasteiger partial charge in [0.25, 0.3) is 0 Å². The summed E-state index contributed by atoms with van der Waals surface area (Å²) >= 11 is 0. The van der Waals surface area contributed by atoms with Gasteiger partial charge >= 0.3 is 0 Å². The van der Waals surface area contributed by atoms with Crippen molar-refractivity contribution in [2.24, 2.45) is 0 Å². The molecule has 0 aliphatic heterocycles. The Morgan fingerprint density at radius 3 is 2.58 bits per heavy atom. The van der Waals surface area contributed by atoms with E-state index in [9.17, 15) is 5.26 Å². The topological polar surface area (TPSA) is 57.4 Å². The first-order chi connectivity index (χ1) is 11.8. The van der Waals surface area contributed by atoms with Gasteiger partial charge in [-0.15, -0.1) is 0 Å². The van der Waals surface area contributed by atoms with Gasteiger partial charge in [0, 0.05) is 17.6 Å². The standard InChI is InChI=1S/C20H14N4/c21-14-15(20-22-18-10-4-5-11-19(18)23-20)13-17-9-6-12-24(17)16-7-2-1-3-8-16/h1-13H,(H,22,23). The monoisotopic (exact) mass is 310 g/mol. The van der Waals surface area contributed by atoms with Gasteiger partial charge in [0.1, 0.15) is 11.9 Å². The molecule has 24 heavy (non-hydrogen) atoms. The van der Waals surface area contributed by atoms with Crippen LogP contribution in [0.1, 0.15) is 11.5 Å². The SMILES string of the molecule is N#CC(=Cc1cccn1-c1ccccc1)c1nc2ccccc2[nH]1. The van der Waals surface area contributed by atoms with Crippen LogP contribution in [0.4, 0.5) is 0 Å². The highest BCUT2D eigenvalue weighted by Crippen LogP contribution is 2.21. The molecule has 0 bridgehead atoms. The molecule has 4 rings (SSSR count). The number of benzene rings is 2. The summed E-state index contributed by atoms with van der Waals surface area (Å²) in [6.45, 7) is 0. The Labute approximate surface area is 139 Å². The molecule has 0 spiro atoms. The predicted molar refractivity (Wildman–Crippen MR) is 95.3 cm³/mol. The minimum absolute atomic E-state index is 0.502. The summed E-state index contributed by atoms with van der Waals surface area (Å²) < 4.78 is 2.04. The Bertz CT molecular complexity index is 1030. The van der Waals surface area contributed by atoms with Gasteiger partial charge < -0.3 is 9.55 Å². The second-order valence-corrected chi connectivity index (χ2v) is 5.41. The highest BCUT2D eigenvalue weighted by atomic mass is 15.0. The zero-order chi connectivity index (χ0) is 16.4. The van der Waals surface area contributed by atoms with E-state index in [1.165, 1.54) is 0 Å². The third-order valence-corrected chi connectivity index (χ3v) is 3.87. The van der Waals surface area contributed by atoms with Crippen LogP contribution >= 0.6 is 0 Å². The third kappa shape index (κ3) is 2.49. The number of rotatable bonds is 3. The van der Waals surface area contributed by atoms with Crippen molar-refractivity contribution < 1.29 is 0 Å². The first kappa shape index (κ1) is 14.0. The van der Waals surface area contributed by atoms with Crippen LogP contribution in [-0.4, -0.2) is 14.5 Å². The molecule has 0 atom stereocenters. The second-order valence-electron chi connectivity index (χ2n) is 5.41. The van der Waals surface area contributed by atoms with Crippen molar-refractivity contribution in [3.05, 3.63) is 84.4 Å². The fourth-order valence-corrected chi connectivity index (χ4v) is 2.72. The molecular weight excluding hydrogens is 296 g/mol. The normalized spacial score (nSPS) is 11.5. The van der Waals surface area contributed by atoms with Crippen LogP contribution in [0, 0.1) is 11.3 Å². The lowest BCUT2D eigenvalue weighted by molar-refractivity contribution is 1.06. The molecule has 114 valence electrons. The van der Waals surface area contributed by atoms with Crippen molar-refractivity contribution in [3.63, 3.8) is 0 Å². The lowest BCUT2D eigenvalue weighted by Gasteiger charge is -2.06. The van der Waals surface area contributed by atoms with Crippen LogP contribution < -0.4 is 0 Å². The van der Waals surface area contributed by atoms with Gasteiger partial charge in [0.15, 0.2) is 0 Å². The van der Waals surface area contributed by atoms with E-state index in [1.807, 2.05) is 83.6 Å². The Balaban J connectivity index is 1.79. The van der Waals surface area contributed by atoms with Crippen molar-refractivity contribution in [1.82, 2.24) is 14.5 Å². The smallest absolute Gasteiger partial charge is 0.149 e. The van der Waals surface area contributed by atoms with E-state index in [4.69, 9.17) is 0 Å². The maximum atomic E-state index is 9.58. The zero-order valence-corrected chi connectivity index (χ0v) is 12.8. The number of imidazole rings is 1. The van der Waals surface area contributed by atoms with Gasteiger partial charge in [-0.25, -0.2) is 4.98 Å². The Morgan fingerprint density at radius 1 is 1.00 bits per heavy atom. The van der Waals surface area contributed by atoms with Crippen LogP contribution in [0.5, 0.6) is 0 Å². The number of nitriles is 1.